The van der Waals surface area contributed by atoms with Crippen LogP contribution < -0.4 is 5.32 Å². The van der Waals surface area contributed by atoms with Gasteiger partial charge in [0.05, 0.1) is 7.11 Å². The first-order valence-corrected chi connectivity index (χ1v) is 3.96. The smallest absolute Gasteiger partial charge is 0.118 e. The first-order valence-electron chi connectivity index (χ1n) is 3.96. The first-order chi connectivity index (χ1) is 5.78. The molecule has 12 heavy (non-hydrogen) atoms. The van der Waals surface area contributed by atoms with E-state index in [9.17, 15) is 0 Å². The number of methoxy groups -OCH3 is 1. The van der Waals surface area contributed by atoms with Crippen molar-refractivity contribution in [2.75, 3.05) is 20.7 Å². The zero-order chi connectivity index (χ0) is 9.40. The van der Waals surface area contributed by atoms with E-state index < -0.39 is 0 Å². The molecule has 2 nitrogen and oxygen atoms in total. The minimum atomic E-state index is 0.790. The third-order valence-electron chi connectivity index (χ3n) is 1.52. The first kappa shape index (κ1) is 11.0. The van der Waals surface area contributed by atoms with Crippen LogP contribution in [0.3, 0.4) is 0 Å². The molecule has 0 bridgehead atoms. The maximum Gasteiger partial charge on any atom is 0.118 e. The average Bonchev–Trinajstić information content (AvgIpc) is 2.12. The Balaban J connectivity index is 4.33. The largest absolute Gasteiger partial charge is 0.497 e. The Labute approximate surface area is 74.6 Å². The van der Waals surface area contributed by atoms with Crippen molar-refractivity contribution >= 4 is 0 Å². The van der Waals surface area contributed by atoms with E-state index in [0.717, 1.165) is 12.3 Å². The standard InChI is InChI=1S/C10H17NO/c1-5-9(8-11-3)7-10(6-2)12-4/h5-7,11H,2,8H2,1,3-4H3/b9-5+,10-7+. The van der Waals surface area contributed by atoms with Gasteiger partial charge in [0.15, 0.2) is 0 Å². The molecule has 2 heteroatoms. The molecule has 0 aromatic heterocycles. The van der Waals surface area contributed by atoms with Gasteiger partial charge in [-0.3, -0.25) is 0 Å². The Bertz CT molecular complexity index is 192. The third-order valence-corrected chi connectivity index (χ3v) is 1.52. The molecule has 0 saturated heterocycles. The van der Waals surface area contributed by atoms with Crippen molar-refractivity contribution in [1.82, 2.24) is 5.32 Å². The Hall–Kier alpha value is -1.02. The van der Waals surface area contributed by atoms with E-state index in [1.165, 1.54) is 5.57 Å². The van der Waals surface area contributed by atoms with E-state index >= 15 is 0 Å². The molecule has 0 unspecified atom stereocenters. The zero-order valence-electron chi connectivity index (χ0n) is 8.05. The Morgan fingerprint density at radius 2 is 2.25 bits per heavy atom. The number of nitrogens with one attached hydrogen (secondary N) is 1. The van der Waals surface area contributed by atoms with E-state index in [1.807, 2.05) is 26.1 Å². The summed E-state index contributed by atoms with van der Waals surface area (Å²) in [5, 5.41) is 3.07. The predicted molar refractivity (Wildman–Crippen MR) is 53.0 cm³/mol. The Kier molecular flexibility index (Phi) is 6.11. The summed E-state index contributed by atoms with van der Waals surface area (Å²) >= 11 is 0. The van der Waals surface area contributed by atoms with Gasteiger partial charge in [-0.25, -0.2) is 0 Å². The molecule has 0 spiro atoms. The van der Waals surface area contributed by atoms with Crippen molar-refractivity contribution < 1.29 is 4.74 Å². The highest BCUT2D eigenvalue weighted by Gasteiger charge is 1.92. The molecule has 0 heterocycles. The van der Waals surface area contributed by atoms with Crippen molar-refractivity contribution in [2.45, 2.75) is 6.92 Å². The van der Waals surface area contributed by atoms with Gasteiger partial charge in [-0.05, 0) is 31.7 Å². The lowest BCUT2D eigenvalue weighted by Crippen LogP contribution is -2.09. The number of hydrogen-bond donors (Lipinski definition) is 1. The lowest BCUT2D eigenvalue weighted by molar-refractivity contribution is 0.306. The predicted octanol–water partition coefficient (Wildman–Crippen LogP) is 1.87. The highest BCUT2D eigenvalue weighted by atomic mass is 16.5. The molecule has 0 aromatic rings. The van der Waals surface area contributed by atoms with Crippen LogP contribution in [-0.2, 0) is 4.74 Å². The second kappa shape index (κ2) is 6.68. The maximum atomic E-state index is 5.05. The third kappa shape index (κ3) is 3.98. The van der Waals surface area contributed by atoms with Crippen molar-refractivity contribution in [3.8, 4) is 0 Å². The highest BCUT2D eigenvalue weighted by Crippen LogP contribution is 2.03. The number of hydrogen-bond acceptors (Lipinski definition) is 2. The van der Waals surface area contributed by atoms with Gasteiger partial charge in [0, 0.05) is 6.54 Å². The molecular weight excluding hydrogens is 150 g/mol. The van der Waals surface area contributed by atoms with Crippen LogP contribution in [0.4, 0.5) is 0 Å². The van der Waals surface area contributed by atoms with Gasteiger partial charge in [0.1, 0.15) is 5.76 Å². The van der Waals surface area contributed by atoms with E-state index in [-0.39, 0.29) is 0 Å². The summed E-state index contributed by atoms with van der Waals surface area (Å²) in [5.41, 5.74) is 1.19. The second-order valence-electron chi connectivity index (χ2n) is 2.35. The molecule has 0 atom stereocenters. The lowest BCUT2D eigenvalue weighted by atomic mass is 10.2. The average molecular weight is 167 g/mol. The molecule has 0 aliphatic carbocycles. The Morgan fingerprint density at radius 1 is 1.58 bits per heavy atom. The summed E-state index contributed by atoms with van der Waals surface area (Å²) in [5.74, 6) is 0.790. The zero-order valence-corrected chi connectivity index (χ0v) is 8.05. The van der Waals surface area contributed by atoms with E-state index in [1.54, 1.807) is 13.2 Å². The van der Waals surface area contributed by atoms with E-state index in [0.29, 0.717) is 0 Å². The number of likely N-dealkylation sites (N-methyl/N-ethyl adjacent to an activating group) is 1. The minimum absolute atomic E-state index is 0.790. The summed E-state index contributed by atoms with van der Waals surface area (Å²) < 4.78 is 5.05. The van der Waals surface area contributed by atoms with Crippen LogP contribution in [0, 0.1) is 0 Å². The molecule has 0 rings (SSSR count). The van der Waals surface area contributed by atoms with Crippen LogP contribution in [0.1, 0.15) is 6.92 Å². The molecule has 0 radical (unpaired) electrons. The van der Waals surface area contributed by atoms with Crippen molar-refractivity contribution in [2.24, 2.45) is 0 Å². The molecule has 0 aliphatic rings. The van der Waals surface area contributed by atoms with Gasteiger partial charge >= 0.3 is 0 Å². The molecule has 1 N–H and O–H groups in total. The summed E-state index contributed by atoms with van der Waals surface area (Å²) in [6.07, 6.45) is 5.70. The van der Waals surface area contributed by atoms with Crippen LogP contribution in [-0.4, -0.2) is 20.7 Å². The van der Waals surface area contributed by atoms with Gasteiger partial charge in [0.25, 0.3) is 0 Å². The van der Waals surface area contributed by atoms with Crippen molar-refractivity contribution in [3.05, 3.63) is 36.1 Å². The minimum Gasteiger partial charge on any atom is -0.497 e. The van der Waals surface area contributed by atoms with Crippen molar-refractivity contribution in [1.29, 1.82) is 0 Å². The van der Waals surface area contributed by atoms with Crippen LogP contribution in [0.5, 0.6) is 0 Å². The number of allylic oxidation sites excluding steroid dienone is 2. The van der Waals surface area contributed by atoms with Gasteiger partial charge < -0.3 is 10.1 Å². The molecule has 0 fully saturated rings. The number of rotatable bonds is 5. The van der Waals surface area contributed by atoms with Crippen LogP contribution in [0.2, 0.25) is 0 Å². The molecule has 0 amide bonds. The fraction of sp³-hybridized carbons (Fsp3) is 0.400. The lowest BCUT2D eigenvalue weighted by Gasteiger charge is -2.03. The summed E-state index contributed by atoms with van der Waals surface area (Å²) in [4.78, 5) is 0. The monoisotopic (exact) mass is 167 g/mol. The maximum absolute atomic E-state index is 5.05. The normalized spacial score (nSPS) is 12.9. The molecule has 68 valence electrons. The van der Waals surface area contributed by atoms with Crippen LogP contribution in [0.15, 0.2) is 36.1 Å². The van der Waals surface area contributed by atoms with Gasteiger partial charge in [-0.2, -0.15) is 0 Å². The summed E-state index contributed by atoms with van der Waals surface area (Å²) in [7, 11) is 3.55. The second-order valence-corrected chi connectivity index (χ2v) is 2.35. The Morgan fingerprint density at radius 3 is 2.58 bits per heavy atom. The van der Waals surface area contributed by atoms with Gasteiger partial charge in [0.2, 0.25) is 0 Å². The van der Waals surface area contributed by atoms with E-state index in [4.69, 9.17) is 4.74 Å². The van der Waals surface area contributed by atoms with Crippen molar-refractivity contribution in [3.63, 3.8) is 0 Å². The van der Waals surface area contributed by atoms with Crippen LogP contribution in [0.25, 0.3) is 0 Å². The number of ether oxygens (including phenoxy) is 1. The highest BCUT2D eigenvalue weighted by molar-refractivity contribution is 5.26. The quantitative estimate of drug-likeness (QED) is 0.498. The SMILES string of the molecule is C=C/C(=C\C(=C/C)CNC)OC. The fourth-order valence-corrected chi connectivity index (χ4v) is 0.824. The fourth-order valence-electron chi connectivity index (χ4n) is 0.824. The van der Waals surface area contributed by atoms with Gasteiger partial charge in [-0.15, -0.1) is 0 Å². The van der Waals surface area contributed by atoms with Gasteiger partial charge in [-0.1, -0.05) is 12.7 Å². The molecule has 0 aromatic carbocycles. The van der Waals surface area contributed by atoms with Crippen LogP contribution >= 0.6 is 0 Å². The topological polar surface area (TPSA) is 21.3 Å². The van der Waals surface area contributed by atoms with E-state index in [2.05, 4.69) is 11.9 Å². The molecule has 0 aliphatic heterocycles. The summed E-state index contributed by atoms with van der Waals surface area (Å²) in [6, 6.07) is 0. The summed E-state index contributed by atoms with van der Waals surface area (Å²) in [6.45, 7) is 6.48. The molecule has 0 saturated carbocycles. The molecular formula is C10H17NO.